The highest BCUT2D eigenvalue weighted by Crippen LogP contribution is 2.47. The predicted molar refractivity (Wildman–Crippen MR) is 123 cm³/mol. The van der Waals surface area contributed by atoms with E-state index < -0.39 is 28.4 Å². The molecular weight excluding hydrogens is 442 g/mol. The lowest BCUT2D eigenvalue weighted by Gasteiger charge is -2.27. The lowest BCUT2D eigenvalue weighted by Crippen LogP contribution is -2.44. The molecule has 1 saturated heterocycles. The van der Waals surface area contributed by atoms with Gasteiger partial charge < -0.3 is 19.8 Å². The average molecular weight is 467 g/mol. The van der Waals surface area contributed by atoms with Gasteiger partial charge in [-0.25, -0.2) is 4.79 Å². The van der Waals surface area contributed by atoms with Gasteiger partial charge in [-0.2, -0.15) is 0 Å². The Morgan fingerprint density at radius 2 is 2.06 bits per heavy atom. The standard InChI is InChI=1S/C24H25N3O7/c1-16(5-2-3-11-28)24(31)20-14-19(27(32)33)8-9-21(20)26(22(24)29)15-17-6-4-7-18(13-17)25-10-12-34-23(25)30/h2,4-9,13-14,16,28,31H,3,10-12,15H2,1H3/b5-2+/t16-,24+/m1/s1. The number of rotatable bonds is 8. The minimum Gasteiger partial charge on any atom is -0.447 e. The highest BCUT2D eigenvalue weighted by atomic mass is 16.6. The van der Waals surface area contributed by atoms with Crippen LogP contribution in [0.5, 0.6) is 0 Å². The summed E-state index contributed by atoms with van der Waals surface area (Å²) in [6, 6.07) is 11.1. The van der Waals surface area contributed by atoms with Crippen LogP contribution in [0, 0.1) is 16.0 Å². The van der Waals surface area contributed by atoms with Crippen LogP contribution in [0.3, 0.4) is 0 Å². The molecule has 2 amide bonds. The van der Waals surface area contributed by atoms with Crippen molar-refractivity contribution in [2.45, 2.75) is 25.5 Å². The van der Waals surface area contributed by atoms with Crippen LogP contribution in [0.1, 0.15) is 24.5 Å². The number of ether oxygens (including phenoxy) is 1. The fourth-order valence-corrected chi connectivity index (χ4v) is 4.35. The van der Waals surface area contributed by atoms with Crippen molar-refractivity contribution in [3.63, 3.8) is 0 Å². The Morgan fingerprint density at radius 3 is 2.74 bits per heavy atom. The summed E-state index contributed by atoms with van der Waals surface area (Å²) in [6.45, 7) is 2.39. The molecule has 10 nitrogen and oxygen atoms in total. The number of carbonyl (C=O) groups excluding carboxylic acids is 2. The van der Waals surface area contributed by atoms with E-state index in [4.69, 9.17) is 9.84 Å². The van der Waals surface area contributed by atoms with Gasteiger partial charge in [-0.3, -0.25) is 19.8 Å². The molecule has 0 spiro atoms. The number of aliphatic hydroxyl groups is 2. The van der Waals surface area contributed by atoms with E-state index in [1.54, 1.807) is 43.3 Å². The minimum atomic E-state index is -2.01. The van der Waals surface area contributed by atoms with Crippen LogP contribution < -0.4 is 9.80 Å². The summed E-state index contributed by atoms with van der Waals surface area (Å²) in [6.07, 6.45) is 3.20. The van der Waals surface area contributed by atoms with Gasteiger partial charge in [0, 0.05) is 35.9 Å². The number of carbonyl (C=O) groups is 2. The molecule has 0 bridgehead atoms. The summed E-state index contributed by atoms with van der Waals surface area (Å²) in [4.78, 5) is 39.2. The van der Waals surface area contributed by atoms with Gasteiger partial charge in [0.15, 0.2) is 5.60 Å². The quantitative estimate of drug-likeness (QED) is 0.346. The van der Waals surface area contributed by atoms with E-state index in [1.165, 1.54) is 28.0 Å². The van der Waals surface area contributed by atoms with Gasteiger partial charge in [-0.1, -0.05) is 31.2 Å². The largest absolute Gasteiger partial charge is 0.447 e. The molecule has 0 aromatic heterocycles. The molecule has 2 heterocycles. The van der Waals surface area contributed by atoms with Crippen LogP contribution in [0.4, 0.5) is 21.9 Å². The van der Waals surface area contributed by atoms with Crippen molar-refractivity contribution in [1.82, 2.24) is 0 Å². The van der Waals surface area contributed by atoms with Crippen LogP contribution in [0.2, 0.25) is 0 Å². The maximum Gasteiger partial charge on any atom is 0.414 e. The summed E-state index contributed by atoms with van der Waals surface area (Å²) in [5.74, 6) is -1.31. The van der Waals surface area contributed by atoms with Crippen molar-refractivity contribution in [1.29, 1.82) is 0 Å². The zero-order valence-corrected chi connectivity index (χ0v) is 18.6. The van der Waals surface area contributed by atoms with Crippen molar-refractivity contribution < 1.29 is 29.5 Å². The number of cyclic esters (lactones) is 1. The molecule has 0 saturated carbocycles. The molecule has 178 valence electrons. The molecule has 2 aromatic carbocycles. The molecule has 2 atom stereocenters. The van der Waals surface area contributed by atoms with E-state index >= 15 is 0 Å². The number of benzene rings is 2. The number of nitro benzene ring substituents is 1. The number of non-ortho nitro benzene ring substituents is 1. The molecule has 10 heteroatoms. The van der Waals surface area contributed by atoms with Crippen LogP contribution in [-0.2, 0) is 21.7 Å². The number of hydrogen-bond acceptors (Lipinski definition) is 7. The Kier molecular flexibility index (Phi) is 6.36. The zero-order chi connectivity index (χ0) is 24.5. The van der Waals surface area contributed by atoms with Gasteiger partial charge in [0.25, 0.3) is 11.6 Å². The highest BCUT2D eigenvalue weighted by Gasteiger charge is 2.53. The number of nitro groups is 1. The number of aliphatic hydroxyl groups excluding tert-OH is 1. The van der Waals surface area contributed by atoms with Crippen LogP contribution in [0.15, 0.2) is 54.6 Å². The Balaban J connectivity index is 1.71. The summed E-state index contributed by atoms with van der Waals surface area (Å²) in [5.41, 5.74) is -0.357. The van der Waals surface area contributed by atoms with Crippen molar-refractivity contribution in [2.24, 2.45) is 5.92 Å². The molecule has 0 aliphatic carbocycles. The maximum absolute atomic E-state index is 13.6. The van der Waals surface area contributed by atoms with Crippen molar-refractivity contribution in [2.75, 3.05) is 29.6 Å². The number of anilines is 2. The highest BCUT2D eigenvalue weighted by molar-refractivity contribution is 6.07. The van der Waals surface area contributed by atoms with E-state index in [9.17, 15) is 24.8 Å². The summed E-state index contributed by atoms with van der Waals surface area (Å²) < 4.78 is 4.99. The Bertz CT molecular complexity index is 1170. The Labute approximate surface area is 195 Å². The van der Waals surface area contributed by atoms with Gasteiger partial charge in [0.2, 0.25) is 0 Å². The van der Waals surface area contributed by atoms with Crippen LogP contribution in [-0.4, -0.2) is 46.9 Å². The normalized spacial score (nSPS) is 20.7. The third kappa shape index (κ3) is 4.02. The number of nitrogens with zero attached hydrogens (tertiary/aromatic N) is 3. The Hall–Kier alpha value is -3.76. The topological polar surface area (TPSA) is 133 Å². The zero-order valence-electron chi connectivity index (χ0n) is 18.6. The molecule has 2 aliphatic rings. The second-order valence-electron chi connectivity index (χ2n) is 8.28. The first-order valence-electron chi connectivity index (χ1n) is 10.9. The monoisotopic (exact) mass is 467 g/mol. The summed E-state index contributed by atoms with van der Waals surface area (Å²) in [7, 11) is 0. The minimum absolute atomic E-state index is 0.0787. The van der Waals surface area contributed by atoms with E-state index in [1.807, 2.05) is 0 Å². The smallest absolute Gasteiger partial charge is 0.414 e. The molecule has 0 radical (unpaired) electrons. The molecule has 34 heavy (non-hydrogen) atoms. The number of fused-ring (bicyclic) bond motifs is 1. The van der Waals surface area contributed by atoms with Crippen LogP contribution in [0.25, 0.3) is 0 Å². The van der Waals surface area contributed by atoms with E-state index in [2.05, 4.69) is 0 Å². The van der Waals surface area contributed by atoms with Gasteiger partial charge in [-0.15, -0.1) is 0 Å². The van der Waals surface area contributed by atoms with Gasteiger partial charge >= 0.3 is 6.09 Å². The molecule has 0 unspecified atom stereocenters. The van der Waals surface area contributed by atoms with Gasteiger partial charge in [0.05, 0.1) is 23.7 Å². The predicted octanol–water partition coefficient (Wildman–Crippen LogP) is 2.86. The maximum atomic E-state index is 13.6. The van der Waals surface area contributed by atoms with Crippen molar-refractivity contribution >= 4 is 29.1 Å². The SMILES string of the molecule is C[C@H](/C=C/CCO)[C@@]1(O)C(=O)N(Cc2cccc(N3CCOC3=O)c2)c2ccc([N+](=O)[O-])cc21. The van der Waals surface area contributed by atoms with E-state index in [0.29, 0.717) is 36.5 Å². The fourth-order valence-electron chi connectivity index (χ4n) is 4.35. The third-order valence-electron chi connectivity index (χ3n) is 6.17. The Morgan fingerprint density at radius 1 is 1.26 bits per heavy atom. The molecule has 4 rings (SSSR count). The number of amides is 2. The van der Waals surface area contributed by atoms with Crippen LogP contribution >= 0.6 is 0 Å². The summed E-state index contributed by atoms with van der Waals surface area (Å²) >= 11 is 0. The summed E-state index contributed by atoms with van der Waals surface area (Å²) in [5, 5.41) is 32.0. The molecule has 2 aliphatic heterocycles. The third-order valence-corrected chi connectivity index (χ3v) is 6.17. The first-order chi connectivity index (χ1) is 16.3. The molecular formula is C24H25N3O7. The molecule has 1 fully saturated rings. The first-order valence-corrected chi connectivity index (χ1v) is 10.9. The van der Waals surface area contributed by atoms with Crippen molar-refractivity contribution in [3.8, 4) is 0 Å². The average Bonchev–Trinajstić information content (AvgIpc) is 3.35. The molecule has 2 N–H and O–H groups in total. The second kappa shape index (κ2) is 9.24. The number of hydrogen-bond donors (Lipinski definition) is 2. The van der Waals surface area contributed by atoms with E-state index in [0.717, 1.165) is 0 Å². The lowest BCUT2D eigenvalue weighted by molar-refractivity contribution is -0.385. The van der Waals surface area contributed by atoms with Crippen molar-refractivity contribution in [3.05, 3.63) is 75.9 Å². The first kappa shape index (κ1) is 23.4. The van der Waals surface area contributed by atoms with Gasteiger partial charge in [-0.05, 0) is 30.2 Å². The molecule has 2 aromatic rings. The second-order valence-corrected chi connectivity index (χ2v) is 8.28. The van der Waals surface area contributed by atoms with Gasteiger partial charge in [0.1, 0.15) is 6.61 Å². The van der Waals surface area contributed by atoms with E-state index in [-0.39, 0.29) is 24.4 Å². The fraction of sp³-hybridized carbons (Fsp3) is 0.333. The lowest BCUT2D eigenvalue weighted by atomic mass is 9.82.